The van der Waals surface area contributed by atoms with Gasteiger partial charge in [0.25, 0.3) is 0 Å². The van der Waals surface area contributed by atoms with Crippen LogP contribution in [0.2, 0.25) is 0 Å². The van der Waals surface area contributed by atoms with E-state index < -0.39 is 13.4 Å². The summed E-state index contributed by atoms with van der Waals surface area (Å²) in [6.45, 7) is 0. The van der Waals surface area contributed by atoms with Gasteiger partial charge >= 0.3 is 7.60 Å². The van der Waals surface area contributed by atoms with Gasteiger partial charge in [-0.15, -0.1) is 0 Å². The van der Waals surface area contributed by atoms with Gasteiger partial charge in [0, 0.05) is 5.56 Å². The molecule has 1 unspecified atom stereocenters. The molecule has 4 N–H and O–H groups in total. The quantitative estimate of drug-likeness (QED) is 0.527. The first kappa shape index (κ1) is 10.2. The molecule has 0 heterocycles. The van der Waals surface area contributed by atoms with Gasteiger partial charge in [-0.2, -0.15) is 0 Å². The number of aliphatic hydroxyl groups is 1. The molecule has 1 aromatic carbocycles. The lowest BCUT2D eigenvalue weighted by Crippen LogP contribution is -1.98. The van der Waals surface area contributed by atoms with E-state index in [2.05, 4.69) is 0 Å². The average Bonchev–Trinajstić information content (AvgIpc) is 2.02. The van der Waals surface area contributed by atoms with Crippen molar-refractivity contribution in [2.24, 2.45) is 0 Å². The Morgan fingerprint density at radius 2 is 1.77 bits per heavy atom. The predicted octanol–water partition coefficient (Wildman–Crippen LogP) is 0.561. The van der Waals surface area contributed by atoms with Crippen molar-refractivity contribution in [3.63, 3.8) is 0 Å². The predicted molar refractivity (Wildman–Crippen MR) is 45.1 cm³/mol. The highest BCUT2D eigenvalue weighted by molar-refractivity contribution is 7.51. The Bertz CT molecular complexity index is 344. The zero-order valence-electron chi connectivity index (χ0n) is 6.53. The summed E-state index contributed by atoms with van der Waals surface area (Å²) in [7, 11) is -4.61. The zero-order chi connectivity index (χ0) is 10.1. The molecule has 0 aromatic heterocycles. The van der Waals surface area contributed by atoms with Crippen molar-refractivity contribution in [3.05, 3.63) is 29.8 Å². The molecule has 0 bridgehead atoms. The molecule has 72 valence electrons. The molecule has 1 rings (SSSR count). The third-order valence-corrected chi connectivity index (χ3v) is 2.45. The number of aromatic hydroxyl groups is 1. The molecule has 0 saturated heterocycles. The van der Waals surface area contributed by atoms with E-state index in [-0.39, 0.29) is 11.3 Å². The Hall–Kier alpha value is -0.870. The van der Waals surface area contributed by atoms with Crippen LogP contribution < -0.4 is 0 Å². The van der Waals surface area contributed by atoms with Crippen molar-refractivity contribution < 1.29 is 24.6 Å². The normalized spacial score (nSPS) is 14.1. The van der Waals surface area contributed by atoms with Crippen molar-refractivity contribution in [1.82, 2.24) is 0 Å². The van der Waals surface area contributed by atoms with Gasteiger partial charge in [0.15, 0.2) is 5.85 Å². The number of aliphatic hydroxyl groups excluding tert-OH is 1. The van der Waals surface area contributed by atoms with E-state index in [1.54, 1.807) is 0 Å². The van der Waals surface area contributed by atoms with E-state index in [1.807, 2.05) is 0 Å². The first-order chi connectivity index (χ1) is 5.93. The molecule has 1 atom stereocenters. The SMILES string of the molecule is O=P(O)(O)C(O)c1ccccc1O. The lowest BCUT2D eigenvalue weighted by Gasteiger charge is -2.13. The van der Waals surface area contributed by atoms with Gasteiger partial charge in [-0.3, -0.25) is 4.57 Å². The summed E-state index contributed by atoms with van der Waals surface area (Å²) in [5.74, 6) is -2.30. The molecule has 0 aliphatic heterocycles. The van der Waals surface area contributed by atoms with Crippen molar-refractivity contribution in [2.45, 2.75) is 5.85 Å². The lowest BCUT2D eigenvalue weighted by molar-refractivity contribution is 0.202. The molecule has 1 aromatic rings. The third-order valence-electron chi connectivity index (χ3n) is 1.53. The van der Waals surface area contributed by atoms with Crippen LogP contribution in [-0.2, 0) is 4.57 Å². The molecular formula is C7H9O5P. The van der Waals surface area contributed by atoms with Crippen LogP contribution in [0.1, 0.15) is 11.4 Å². The standard InChI is InChI=1S/C7H9O5P/c8-6-4-2-1-3-5(6)7(9)13(10,11)12/h1-4,7-9H,(H2,10,11,12). The van der Waals surface area contributed by atoms with Crippen LogP contribution in [0.4, 0.5) is 0 Å². The summed E-state index contributed by atoms with van der Waals surface area (Å²) < 4.78 is 10.6. The summed E-state index contributed by atoms with van der Waals surface area (Å²) in [4.78, 5) is 17.2. The van der Waals surface area contributed by atoms with Crippen molar-refractivity contribution in [1.29, 1.82) is 0 Å². The largest absolute Gasteiger partial charge is 0.508 e. The second kappa shape index (κ2) is 3.47. The van der Waals surface area contributed by atoms with Crippen LogP contribution in [0.5, 0.6) is 5.75 Å². The van der Waals surface area contributed by atoms with E-state index >= 15 is 0 Å². The smallest absolute Gasteiger partial charge is 0.358 e. The van der Waals surface area contributed by atoms with Crippen LogP contribution in [0, 0.1) is 0 Å². The Balaban J connectivity index is 3.09. The molecule has 5 nitrogen and oxygen atoms in total. The third kappa shape index (κ3) is 2.29. The highest BCUT2D eigenvalue weighted by atomic mass is 31.2. The first-order valence-corrected chi connectivity index (χ1v) is 5.12. The van der Waals surface area contributed by atoms with Gasteiger partial charge in [0.1, 0.15) is 5.75 Å². The number of hydrogen-bond donors (Lipinski definition) is 4. The Labute approximate surface area is 74.4 Å². The average molecular weight is 204 g/mol. The molecule has 0 aliphatic rings. The van der Waals surface area contributed by atoms with Gasteiger partial charge < -0.3 is 20.0 Å². The van der Waals surface area contributed by atoms with Crippen LogP contribution in [0.15, 0.2) is 24.3 Å². The second-order valence-electron chi connectivity index (χ2n) is 2.52. The van der Waals surface area contributed by atoms with Crippen molar-refractivity contribution in [2.75, 3.05) is 0 Å². The van der Waals surface area contributed by atoms with Crippen LogP contribution >= 0.6 is 7.60 Å². The molecule has 13 heavy (non-hydrogen) atoms. The minimum atomic E-state index is -4.61. The maximum absolute atomic E-state index is 10.6. The highest BCUT2D eigenvalue weighted by Gasteiger charge is 2.29. The monoisotopic (exact) mass is 204 g/mol. The maximum atomic E-state index is 10.6. The van der Waals surface area contributed by atoms with E-state index in [0.29, 0.717) is 0 Å². The number of phenolic OH excluding ortho intramolecular Hbond substituents is 1. The van der Waals surface area contributed by atoms with Crippen LogP contribution in [0.25, 0.3) is 0 Å². The second-order valence-corrected chi connectivity index (χ2v) is 4.19. The van der Waals surface area contributed by atoms with E-state index in [0.717, 1.165) is 0 Å². The van der Waals surface area contributed by atoms with E-state index in [9.17, 15) is 4.57 Å². The van der Waals surface area contributed by atoms with E-state index in [4.69, 9.17) is 20.0 Å². The molecule has 0 fully saturated rings. The number of hydrogen-bond acceptors (Lipinski definition) is 3. The minimum Gasteiger partial charge on any atom is -0.508 e. The number of phenols is 1. The number of benzene rings is 1. The Morgan fingerprint density at radius 1 is 1.23 bits per heavy atom. The molecule has 0 radical (unpaired) electrons. The number of rotatable bonds is 2. The maximum Gasteiger partial charge on any atom is 0.358 e. The van der Waals surface area contributed by atoms with Crippen molar-refractivity contribution in [3.8, 4) is 5.75 Å². The Kier molecular flexibility index (Phi) is 2.73. The molecule has 6 heteroatoms. The Morgan fingerprint density at radius 3 is 2.23 bits per heavy atom. The zero-order valence-corrected chi connectivity index (χ0v) is 7.43. The molecule has 0 saturated carbocycles. The van der Waals surface area contributed by atoms with Gasteiger partial charge in [-0.05, 0) is 6.07 Å². The minimum absolute atomic E-state index is 0.171. The summed E-state index contributed by atoms with van der Waals surface area (Å²) in [6.07, 6.45) is 0. The fourth-order valence-corrected chi connectivity index (χ4v) is 1.47. The molecule has 0 amide bonds. The fourth-order valence-electron chi connectivity index (χ4n) is 0.887. The van der Waals surface area contributed by atoms with Crippen LogP contribution in [-0.4, -0.2) is 20.0 Å². The van der Waals surface area contributed by atoms with Gasteiger partial charge in [-0.1, -0.05) is 18.2 Å². The van der Waals surface area contributed by atoms with Crippen LogP contribution in [0.3, 0.4) is 0 Å². The first-order valence-electron chi connectivity index (χ1n) is 3.44. The molecule has 0 aliphatic carbocycles. The summed E-state index contributed by atoms with van der Waals surface area (Å²) in [6, 6.07) is 5.45. The van der Waals surface area contributed by atoms with Gasteiger partial charge in [-0.25, -0.2) is 0 Å². The number of para-hydroxylation sites is 1. The van der Waals surface area contributed by atoms with Crippen molar-refractivity contribution >= 4 is 7.60 Å². The summed E-state index contributed by atoms with van der Waals surface area (Å²) in [5.41, 5.74) is -0.171. The molecule has 0 spiro atoms. The highest BCUT2D eigenvalue weighted by Crippen LogP contribution is 2.51. The molecular weight excluding hydrogens is 195 g/mol. The topological polar surface area (TPSA) is 98.0 Å². The van der Waals surface area contributed by atoms with E-state index in [1.165, 1.54) is 24.3 Å². The summed E-state index contributed by atoms with van der Waals surface area (Å²) >= 11 is 0. The fraction of sp³-hybridized carbons (Fsp3) is 0.143. The lowest BCUT2D eigenvalue weighted by atomic mass is 10.2. The van der Waals surface area contributed by atoms with Gasteiger partial charge in [0.05, 0.1) is 0 Å². The summed E-state index contributed by atoms with van der Waals surface area (Å²) in [5, 5.41) is 18.3. The van der Waals surface area contributed by atoms with Gasteiger partial charge in [0.2, 0.25) is 0 Å².